The molecule has 0 bridgehead atoms. The van der Waals surface area contributed by atoms with Crippen molar-refractivity contribution in [3.63, 3.8) is 0 Å². The van der Waals surface area contributed by atoms with Crippen molar-refractivity contribution in [1.29, 1.82) is 0 Å². The molecule has 1 aromatic heterocycles. The third-order valence-electron chi connectivity index (χ3n) is 4.42. The zero-order valence-corrected chi connectivity index (χ0v) is 13.5. The Balaban J connectivity index is 1.99. The number of H-pyrrole nitrogens is 1. The summed E-state index contributed by atoms with van der Waals surface area (Å²) in [6, 6.07) is 8.17. The molecular formula is C17H18N2O6. The number of nitrogens with one attached hydrogen (secondary N) is 1. The smallest absolute Gasteiger partial charge is 0.330 e. The Bertz CT molecular complexity index is 903. The second-order valence-electron chi connectivity index (χ2n) is 6.05. The first-order chi connectivity index (χ1) is 11.9. The normalized spacial score (nSPS) is 25.9. The molecule has 0 saturated carbocycles. The van der Waals surface area contributed by atoms with E-state index in [2.05, 4.69) is 4.98 Å². The number of hydrogen-bond acceptors (Lipinski definition) is 6. The number of benzene rings is 1. The van der Waals surface area contributed by atoms with E-state index in [1.165, 1.54) is 13.1 Å². The monoisotopic (exact) mass is 346 g/mol. The molecule has 0 aliphatic carbocycles. The van der Waals surface area contributed by atoms with Crippen LogP contribution in [0.2, 0.25) is 0 Å². The minimum Gasteiger partial charge on any atom is -0.393 e. The van der Waals surface area contributed by atoms with Crippen LogP contribution in [-0.2, 0) is 4.74 Å². The summed E-state index contributed by atoms with van der Waals surface area (Å²) in [5.74, 6) is -0.570. The van der Waals surface area contributed by atoms with Gasteiger partial charge in [-0.1, -0.05) is 30.3 Å². The van der Waals surface area contributed by atoms with Crippen molar-refractivity contribution < 1.29 is 19.7 Å². The quantitative estimate of drug-likeness (QED) is 0.656. The molecule has 1 fully saturated rings. The number of aliphatic hydroxyl groups excluding tert-OH is 2. The fraction of sp³-hybridized carbons (Fsp3) is 0.353. The highest BCUT2D eigenvalue weighted by atomic mass is 16.6. The Morgan fingerprint density at radius 1 is 1.36 bits per heavy atom. The molecule has 25 heavy (non-hydrogen) atoms. The van der Waals surface area contributed by atoms with Crippen LogP contribution in [0.3, 0.4) is 0 Å². The van der Waals surface area contributed by atoms with Crippen LogP contribution in [0.25, 0.3) is 0 Å². The van der Waals surface area contributed by atoms with Crippen molar-refractivity contribution in [2.45, 2.75) is 31.3 Å². The summed E-state index contributed by atoms with van der Waals surface area (Å²) in [4.78, 5) is 38.5. The van der Waals surface area contributed by atoms with Gasteiger partial charge in [-0.25, -0.2) is 4.79 Å². The van der Waals surface area contributed by atoms with Crippen molar-refractivity contribution in [1.82, 2.24) is 9.55 Å². The average Bonchev–Trinajstić information content (AvgIpc) is 2.95. The number of Topliss-reactive ketones (excluding diaryl/α,β-unsaturated/α-hetero) is 1. The van der Waals surface area contributed by atoms with Gasteiger partial charge in [0.2, 0.25) is 0 Å². The number of ketones is 1. The van der Waals surface area contributed by atoms with Crippen LogP contribution in [0, 0.1) is 6.92 Å². The molecule has 0 spiro atoms. The van der Waals surface area contributed by atoms with E-state index < -0.39 is 41.6 Å². The van der Waals surface area contributed by atoms with Crippen LogP contribution in [0.1, 0.15) is 28.6 Å². The summed E-state index contributed by atoms with van der Waals surface area (Å²) in [6.45, 7) is 0.782. The minimum absolute atomic E-state index is 0.0788. The number of carbonyl (C=O) groups excluding carboxylic acids is 1. The Morgan fingerprint density at radius 3 is 2.68 bits per heavy atom. The maximum absolute atomic E-state index is 12.8. The first-order valence-electron chi connectivity index (χ1n) is 7.77. The fourth-order valence-electron chi connectivity index (χ4n) is 2.97. The van der Waals surface area contributed by atoms with Crippen molar-refractivity contribution in [2.24, 2.45) is 0 Å². The molecule has 8 heteroatoms. The van der Waals surface area contributed by atoms with E-state index in [1.807, 2.05) is 0 Å². The molecular weight excluding hydrogens is 328 g/mol. The molecule has 3 atom stereocenters. The van der Waals surface area contributed by atoms with Gasteiger partial charge in [0.05, 0.1) is 12.7 Å². The topological polar surface area (TPSA) is 122 Å². The zero-order chi connectivity index (χ0) is 18.2. The highest BCUT2D eigenvalue weighted by Gasteiger charge is 2.54. The van der Waals surface area contributed by atoms with Gasteiger partial charge in [0.1, 0.15) is 6.23 Å². The molecule has 8 nitrogen and oxygen atoms in total. The summed E-state index contributed by atoms with van der Waals surface area (Å²) >= 11 is 0. The van der Waals surface area contributed by atoms with Crippen molar-refractivity contribution >= 4 is 5.78 Å². The van der Waals surface area contributed by atoms with Crippen molar-refractivity contribution in [3.8, 4) is 0 Å². The number of aromatic amines is 1. The van der Waals surface area contributed by atoms with E-state index in [0.717, 1.165) is 4.57 Å². The maximum atomic E-state index is 12.8. The number of ether oxygens (including phenoxy) is 1. The molecule has 0 unspecified atom stereocenters. The number of aryl methyl sites for hydroxylation is 1. The summed E-state index contributed by atoms with van der Waals surface area (Å²) < 4.78 is 6.79. The molecule has 2 aromatic rings. The third kappa shape index (κ3) is 2.84. The number of rotatable bonds is 4. The molecule has 132 valence electrons. The fourth-order valence-corrected chi connectivity index (χ4v) is 2.97. The summed E-state index contributed by atoms with van der Waals surface area (Å²) in [5, 5.41) is 20.2. The van der Waals surface area contributed by atoms with Crippen molar-refractivity contribution in [2.75, 3.05) is 6.61 Å². The number of carbonyl (C=O) groups is 1. The van der Waals surface area contributed by atoms with Crippen LogP contribution in [0.5, 0.6) is 0 Å². The van der Waals surface area contributed by atoms with E-state index in [1.54, 1.807) is 30.3 Å². The second-order valence-corrected chi connectivity index (χ2v) is 6.05. The molecule has 1 aromatic carbocycles. The van der Waals surface area contributed by atoms with Gasteiger partial charge in [0, 0.05) is 23.7 Å². The van der Waals surface area contributed by atoms with E-state index in [-0.39, 0.29) is 17.5 Å². The first kappa shape index (κ1) is 17.3. The Labute approximate surface area is 142 Å². The highest BCUT2D eigenvalue weighted by molar-refractivity contribution is 6.03. The standard InChI is InChI=1S/C17H18N2O6/c1-10-8-19(16(24)18-15(10)23)13-7-12(21)17(9-20,25-13)14(22)11-5-3-2-4-6-11/h2-6,8,12-13,20-21H,7,9H2,1H3,(H,18,23,24)/t12-,13+,17+/m0/s1. The maximum Gasteiger partial charge on any atom is 0.330 e. The zero-order valence-electron chi connectivity index (χ0n) is 13.5. The van der Waals surface area contributed by atoms with Gasteiger partial charge < -0.3 is 14.9 Å². The van der Waals surface area contributed by atoms with Crippen LogP contribution in [-0.4, -0.2) is 43.9 Å². The molecule has 1 aliphatic rings. The number of nitrogens with zero attached hydrogens (tertiary/aromatic N) is 1. The molecule has 3 N–H and O–H groups in total. The van der Waals surface area contributed by atoms with Gasteiger partial charge in [0.15, 0.2) is 11.4 Å². The summed E-state index contributed by atoms with van der Waals surface area (Å²) in [7, 11) is 0. The molecule has 2 heterocycles. The van der Waals surface area contributed by atoms with E-state index in [0.29, 0.717) is 0 Å². The predicted octanol–water partition coefficient (Wildman–Crippen LogP) is -0.261. The SMILES string of the molecule is Cc1cn([C@H]2C[C@H](O)[C@](CO)(C(=O)c3ccccc3)O2)c(=O)[nH]c1=O. The van der Waals surface area contributed by atoms with Crippen LogP contribution >= 0.6 is 0 Å². The molecule has 1 aliphatic heterocycles. The first-order valence-corrected chi connectivity index (χ1v) is 7.77. The molecule has 0 amide bonds. The van der Waals surface area contributed by atoms with Gasteiger partial charge in [-0.05, 0) is 6.92 Å². The lowest BCUT2D eigenvalue weighted by molar-refractivity contribution is -0.101. The van der Waals surface area contributed by atoms with Gasteiger partial charge in [0.25, 0.3) is 5.56 Å². The minimum atomic E-state index is -1.87. The van der Waals surface area contributed by atoms with E-state index in [9.17, 15) is 24.6 Å². The molecule has 3 rings (SSSR count). The van der Waals surface area contributed by atoms with Gasteiger partial charge in [-0.15, -0.1) is 0 Å². The van der Waals surface area contributed by atoms with Crippen LogP contribution in [0.4, 0.5) is 0 Å². The molecule has 1 saturated heterocycles. The summed E-state index contributed by atoms with van der Waals surface area (Å²) in [6.07, 6.45) is -1.07. The van der Waals surface area contributed by atoms with Gasteiger partial charge >= 0.3 is 5.69 Å². The van der Waals surface area contributed by atoms with E-state index >= 15 is 0 Å². The third-order valence-corrected chi connectivity index (χ3v) is 4.42. The molecule has 0 radical (unpaired) electrons. The lowest BCUT2D eigenvalue weighted by atomic mass is 9.88. The second kappa shape index (κ2) is 6.40. The lowest BCUT2D eigenvalue weighted by Gasteiger charge is -2.28. The highest BCUT2D eigenvalue weighted by Crippen LogP contribution is 2.38. The van der Waals surface area contributed by atoms with Crippen LogP contribution < -0.4 is 11.2 Å². The Morgan fingerprint density at radius 2 is 2.04 bits per heavy atom. The van der Waals surface area contributed by atoms with Crippen LogP contribution in [0.15, 0.2) is 46.1 Å². The van der Waals surface area contributed by atoms with E-state index in [4.69, 9.17) is 4.74 Å². The number of aliphatic hydroxyl groups is 2. The van der Waals surface area contributed by atoms with Gasteiger partial charge in [-0.2, -0.15) is 0 Å². The predicted molar refractivity (Wildman–Crippen MR) is 87.4 cm³/mol. The largest absolute Gasteiger partial charge is 0.393 e. The van der Waals surface area contributed by atoms with Gasteiger partial charge in [-0.3, -0.25) is 19.1 Å². The average molecular weight is 346 g/mol. The lowest BCUT2D eigenvalue weighted by Crippen LogP contribution is -2.50. The number of hydrogen-bond donors (Lipinski definition) is 3. The van der Waals surface area contributed by atoms with Crippen molar-refractivity contribution in [3.05, 3.63) is 68.5 Å². The Kier molecular flexibility index (Phi) is 4.42. The Hall–Kier alpha value is -2.55. The number of aromatic nitrogens is 2. The summed E-state index contributed by atoms with van der Waals surface area (Å²) in [5.41, 5.74) is -2.53.